The maximum Gasteiger partial charge on any atom is 0.259 e. The van der Waals surface area contributed by atoms with Crippen LogP contribution in [0.15, 0.2) is 47.3 Å². The van der Waals surface area contributed by atoms with E-state index in [4.69, 9.17) is 17.0 Å². The Morgan fingerprint density at radius 1 is 1.23 bits per heavy atom. The van der Waals surface area contributed by atoms with E-state index in [-0.39, 0.29) is 22.3 Å². The Morgan fingerprint density at radius 2 is 2.04 bits per heavy atom. The van der Waals surface area contributed by atoms with E-state index >= 15 is 0 Å². The van der Waals surface area contributed by atoms with Crippen molar-refractivity contribution in [2.24, 2.45) is 0 Å². The van der Waals surface area contributed by atoms with E-state index in [2.05, 4.69) is 15.3 Å². The number of nitrogens with one attached hydrogen (secondary N) is 3. The molecule has 1 atom stereocenters. The highest BCUT2D eigenvalue weighted by Crippen LogP contribution is 2.20. The van der Waals surface area contributed by atoms with Crippen molar-refractivity contribution in [2.75, 3.05) is 6.61 Å². The number of hydrogen-bond donors (Lipinski definition) is 3. The van der Waals surface area contributed by atoms with Gasteiger partial charge in [0.15, 0.2) is 4.77 Å². The fourth-order valence-corrected chi connectivity index (χ4v) is 2.92. The van der Waals surface area contributed by atoms with Gasteiger partial charge in [0.05, 0.1) is 23.6 Å². The summed E-state index contributed by atoms with van der Waals surface area (Å²) in [4.78, 5) is 29.9. The van der Waals surface area contributed by atoms with Crippen LogP contribution in [0.4, 0.5) is 0 Å². The summed E-state index contributed by atoms with van der Waals surface area (Å²) in [5, 5.41) is 3.41. The third kappa shape index (κ3) is 3.83. The van der Waals surface area contributed by atoms with E-state index < -0.39 is 0 Å². The van der Waals surface area contributed by atoms with Crippen LogP contribution in [0, 0.1) is 4.77 Å². The number of aromatic amines is 2. The van der Waals surface area contributed by atoms with Crippen LogP contribution in [0.5, 0.6) is 5.75 Å². The fraction of sp³-hybridized carbons (Fsp3) is 0.211. The smallest absolute Gasteiger partial charge is 0.259 e. The van der Waals surface area contributed by atoms with Crippen LogP contribution in [0.1, 0.15) is 35.8 Å². The highest BCUT2D eigenvalue weighted by Gasteiger charge is 2.13. The predicted octanol–water partition coefficient (Wildman–Crippen LogP) is 3.48. The Bertz CT molecular complexity index is 1070. The summed E-state index contributed by atoms with van der Waals surface area (Å²) < 4.78 is 5.72. The van der Waals surface area contributed by atoms with E-state index in [1.54, 1.807) is 18.2 Å². The minimum absolute atomic E-state index is 0.198. The highest BCUT2D eigenvalue weighted by atomic mass is 32.1. The first-order valence-corrected chi connectivity index (χ1v) is 8.68. The van der Waals surface area contributed by atoms with Crippen LogP contribution < -0.4 is 15.6 Å². The van der Waals surface area contributed by atoms with Crippen LogP contribution >= 0.6 is 12.2 Å². The SMILES string of the molecule is CCOc1cccc([C@@H](C)NC(=O)c2ccc3c(=O)[nH]c(=S)[nH]c3c2)c1. The number of amides is 1. The Balaban J connectivity index is 1.83. The summed E-state index contributed by atoms with van der Waals surface area (Å²) in [6.07, 6.45) is 0. The number of rotatable bonds is 5. The average Bonchev–Trinajstić information content (AvgIpc) is 2.61. The van der Waals surface area contributed by atoms with E-state index in [0.717, 1.165) is 11.3 Å². The van der Waals surface area contributed by atoms with Gasteiger partial charge in [-0.05, 0) is 62.0 Å². The number of carbonyl (C=O) groups is 1. The molecular weight excluding hydrogens is 350 g/mol. The number of ether oxygens (including phenoxy) is 1. The molecule has 1 amide bonds. The second-order valence-electron chi connectivity index (χ2n) is 5.87. The first kappa shape index (κ1) is 17.9. The zero-order valence-electron chi connectivity index (χ0n) is 14.5. The number of hydrogen-bond acceptors (Lipinski definition) is 4. The molecule has 0 saturated heterocycles. The number of carbonyl (C=O) groups excluding carboxylic acids is 1. The van der Waals surface area contributed by atoms with Crippen LogP contribution in [-0.2, 0) is 0 Å². The first-order chi connectivity index (χ1) is 12.5. The van der Waals surface area contributed by atoms with E-state index in [9.17, 15) is 9.59 Å². The lowest BCUT2D eigenvalue weighted by molar-refractivity contribution is 0.0940. The van der Waals surface area contributed by atoms with Crippen LogP contribution in [0.3, 0.4) is 0 Å². The van der Waals surface area contributed by atoms with E-state index in [1.165, 1.54) is 0 Å². The third-order valence-corrected chi connectivity index (χ3v) is 4.22. The molecule has 3 rings (SSSR count). The molecule has 1 aromatic heterocycles. The molecule has 0 aliphatic heterocycles. The summed E-state index contributed by atoms with van der Waals surface area (Å²) in [6.45, 7) is 4.41. The van der Waals surface area contributed by atoms with Gasteiger partial charge in [-0.2, -0.15) is 0 Å². The molecule has 3 aromatic rings. The maximum atomic E-state index is 12.6. The molecular formula is C19H19N3O3S. The van der Waals surface area contributed by atoms with Crippen LogP contribution in [0.25, 0.3) is 10.9 Å². The molecule has 1 heterocycles. The van der Waals surface area contributed by atoms with Crippen molar-refractivity contribution < 1.29 is 9.53 Å². The van der Waals surface area contributed by atoms with Crippen molar-refractivity contribution in [1.29, 1.82) is 0 Å². The summed E-state index contributed by atoms with van der Waals surface area (Å²) >= 11 is 4.98. The van der Waals surface area contributed by atoms with Gasteiger partial charge in [-0.25, -0.2) is 0 Å². The van der Waals surface area contributed by atoms with Gasteiger partial charge in [0.25, 0.3) is 11.5 Å². The van der Waals surface area contributed by atoms with Gasteiger partial charge in [-0.1, -0.05) is 12.1 Å². The molecule has 6 nitrogen and oxygen atoms in total. The lowest BCUT2D eigenvalue weighted by Crippen LogP contribution is -2.26. The van der Waals surface area contributed by atoms with Crippen LogP contribution in [-0.4, -0.2) is 22.5 Å². The zero-order chi connectivity index (χ0) is 18.7. The molecule has 0 aliphatic carbocycles. The Kier molecular flexibility index (Phi) is 5.18. The van der Waals surface area contributed by atoms with E-state index in [0.29, 0.717) is 23.1 Å². The summed E-state index contributed by atoms with van der Waals surface area (Å²) in [5.41, 5.74) is 1.64. The van der Waals surface area contributed by atoms with Crippen molar-refractivity contribution in [3.63, 3.8) is 0 Å². The number of fused-ring (bicyclic) bond motifs is 1. The predicted molar refractivity (Wildman–Crippen MR) is 103 cm³/mol. The standard InChI is InChI=1S/C19H19N3O3S/c1-3-25-14-6-4-5-12(9-14)11(2)20-17(23)13-7-8-15-16(10-13)21-19(26)22-18(15)24/h4-11H,3H2,1-2H3,(H,20,23)(H2,21,22,24,26)/t11-/m1/s1. The van der Waals surface area contributed by atoms with Crippen molar-refractivity contribution in [3.8, 4) is 5.75 Å². The quantitative estimate of drug-likeness (QED) is 0.601. The molecule has 0 bridgehead atoms. The van der Waals surface area contributed by atoms with Gasteiger partial charge in [0.1, 0.15) is 5.75 Å². The molecule has 0 saturated carbocycles. The second-order valence-corrected chi connectivity index (χ2v) is 6.28. The topological polar surface area (TPSA) is 87.0 Å². The van der Waals surface area contributed by atoms with Gasteiger partial charge in [0.2, 0.25) is 0 Å². The molecule has 0 fully saturated rings. The van der Waals surface area contributed by atoms with Gasteiger partial charge < -0.3 is 15.0 Å². The van der Waals surface area contributed by atoms with Gasteiger partial charge >= 0.3 is 0 Å². The molecule has 0 radical (unpaired) electrons. The highest BCUT2D eigenvalue weighted by molar-refractivity contribution is 7.71. The molecule has 26 heavy (non-hydrogen) atoms. The molecule has 7 heteroatoms. The molecule has 3 N–H and O–H groups in total. The van der Waals surface area contributed by atoms with E-state index in [1.807, 2.05) is 38.1 Å². The second kappa shape index (κ2) is 7.53. The molecule has 0 aliphatic rings. The lowest BCUT2D eigenvalue weighted by Gasteiger charge is -2.15. The Labute approximate surface area is 155 Å². The van der Waals surface area contributed by atoms with Crippen molar-refractivity contribution >= 4 is 29.0 Å². The third-order valence-electron chi connectivity index (χ3n) is 4.02. The first-order valence-electron chi connectivity index (χ1n) is 8.28. The molecule has 2 aromatic carbocycles. The summed E-state index contributed by atoms with van der Waals surface area (Å²) in [7, 11) is 0. The summed E-state index contributed by atoms with van der Waals surface area (Å²) in [5.74, 6) is 0.532. The molecule has 0 spiro atoms. The Morgan fingerprint density at radius 3 is 2.81 bits per heavy atom. The van der Waals surface area contributed by atoms with Crippen molar-refractivity contribution in [1.82, 2.24) is 15.3 Å². The number of benzene rings is 2. The largest absolute Gasteiger partial charge is 0.494 e. The van der Waals surface area contributed by atoms with Gasteiger partial charge in [-0.15, -0.1) is 0 Å². The van der Waals surface area contributed by atoms with Crippen molar-refractivity contribution in [2.45, 2.75) is 19.9 Å². The summed E-state index contributed by atoms with van der Waals surface area (Å²) in [6, 6.07) is 12.3. The minimum atomic E-state index is -0.281. The monoisotopic (exact) mass is 369 g/mol. The maximum absolute atomic E-state index is 12.6. The van der Waals surface area contributed by atoms with Crippen LogP contribution in [0.2, 0.25) is 0 Å². The Hall–Kier alpha value is -2.93. The molecule has 134 valence electrons. The molecule has 0 unspecified atom stereocenters. The minimum Gasteiger partial charge on any atom is -0.494 e. The van der Waals surface area contributed by atoms with Gasteiger partial charge in [0, 0.05) is 5.56 Å². The van der Waals surface area contributed by atoms with Crippen molar-refractivity contribution in [3.05, 3.63) is 68.7 Å². The normalized spacial score (nSPS) is 11.9. The number of aromatic nitrogens is 2. The number of H-pyrrole nitrogens is 2. The average molecular weight is 369 g/mol. The van der Waals surface area contributed by atoms with Gasteiger partial charge in [-0.3, -0.25) is 14.6 Å². The zero-order valence-corrected chi connectivity index (χ0v) is 15.3. The fourth-order valence-electron chi connectivity index (χ4n) is 2.71. The lowest BCUT2D eigenvalue weighted by atomic mass is 10.1.